The summed E-state index contributed by atoms with van der Waals surface area (Å²) in [6.45, 7) is 6.47. The summed E-state index contributed by atoms with van der Waals surface area (Å²) in [4.78, 5) is 32.3. The summed E-state index contributed by atoms with van der Waals surface area (Å²) in [5.74, 6) is 2.40. The van der Waals surface area contributed by atoms with Gasteiger partial charge in [-0.05, 0) is 43.2 Å². The molecule has 4 aliphatic heterocycles. The number of rotatable bonds is 6. The zero-order chi connectivity index (χ0) is 28.8. The van der Waals surface area contributed by atoms with E-state index in [2.05, 4.69) is 30.4 Å². The minimum atomic E-state index is -0.409. The van der Waals surface area contributed by atoms with Crippen LogP contribution in [0.1, 0.15) is 19.3 Å². The Balaban J connectivity index is 1.29. The number of nitrogens with zero attached hydrogens (tertiary/aromatic N) is 7. The van der Waals surface area contributed by atoms with E-state index in [1.807, 2.05) is 35.3 Å². The molecule has 4 aliphatic rings. The second-order valence-corrected chi connectivity index (χ2v) is 11.3. The molecule has 1 spiro atoms. The van der Waals surface area contributed by atoms with Gasteiger partial charge in [0.25, 0.3) is 0 Å². The lowest BCUT2D eigenvalue weighted by atomic mass is 9.90. The molecule has 13 nitrogen and oxygen atoms in total. The number of amides is 1. The molecule has 0 radical (unpaired) electrons. The average Bonchev–Trinajstić information content (AvgIpc) is 3.53. The Kier molecular flexibility index (Phi) is 6.97. The van der Waals surface area contributed by atoms with Crippen molar-refractivity contribution in [3.05, 3.63) is 30.3 Å². The Hall–Kier alpha value is -3.78. The van der Waals surface area contributed by atoms with Crippen molar-refractivity contribution in [3.8, 4) is 22.8 Å². The first-order chi connectivity index (χ1) is 20.5. The quantitative estimate of drug-likeness (QED) is 0.360. The summed E-state index contributed by atoms with van der Waals surface area (Å²) in [7, 11) is 3.24. The van der Waals surface area contributed by atoms with Gasteiger partial charge in [0.2, 0.25) is 11.9 Å². The van der Waals surface area contributed by atoms with Crippen LogP contribution in [0.5, 0.6) is 11.5 Å². The number of hydrogen-bond donors (Lipinski definition) is 3. The number of nitrogen functional groups attached to an aromatic ring is 1. The first-order valence-electron chi connectivity index (χ1n) is 14.7. The van der Waals surface area contributed by atoms with Crippen LogP contribution in [0.15, 0.2) is 30.3 Å². The molecule has 0 saturated carbocycles. The van der Waals surface area contributed by atoms with Gasteiger partial charge >= 0.3 is 0 Å². The fourth-order valence-electron chi connectivity index (χ4n) is 7.03. The predicted octanol–water partition coefficient (Wildman–Crippen LogP) is 0.872. The summed E-state index contributed by atoms with van der Waals surface area (Å²) in [6, 6.07) is 9.64. The maximum atomic E-state index is 13.1. The second-order valence-electron chi connectivity index (χ2n) is 11.3. The molecule has 0 aliphatic carbocycles. The van der Waals surface area contributed by atoms with Crippen molar-refractivity contribution in [1.29, 1.82) is 0 Å². The lowest BCUT2D eigenvalue weighted by Crippen LogP contribution is -2.84. The third-order valence-electron chi connectivity index (χ3n) is 8.97. The molecule has 3 aromatic rings. The van der Waals surface area contributed by atoms with Crippen LogP contribution in [-0.2, 0) is 4.79 Å². The Morgan fingerprint density at radius 1 is 0.952 bits per heavy atom. The van der Waals surface area contributed by atoms with Crippen LogP contribution in [0.2, 0.25) is 0 Å². The van der Waals surface area contributed by atoms with Crippen molar-refractivity contribution in [2.24, 2.45) is 0 Å². The number of hydrazine groups is 1. The molecule has 13 heteroatoms. The molecule has 4 saturated heterocycles. The summed E-state index contributed by atoms with van der Waals surface area (Å²) in [6.07, 6.45) is 2.67. The molecule has 7 rings (SSSR count). The number of nitrogens with two attached hydrogens (primary N) is 1. The number of β-lactam (4-membered cyclic amide) rings is 1. The van der Waals surface area contributed by atoms with E-state index in [-0.39, 0.29) is 18.0 Å². The molecule has 0 bridgehead atoms. The number of methoxy groups -OCH3 is 2. The SMILES string of the molecule is COc1ccc(-c2ccc3nc(N)nc(N4CCNCC4N4CCNCC45CC(=O)N5N4CCCC4)c3n2)cc1OC. The lowest BCUT2D eigenvalue weighted by Gasteiger charge is -2.64. The molecule has 2 aromatic heterocycles. The summed E-state index contributed by atoms with van der Waals surface area (Å²) in [5, 5.41) is 11.5. The Morgan fingerprint density at radius 3 is 2.55 bits per heavy atom. The normalized spacial score (nSPS) is 25.3. The molecular formula is C29H38N10O3. The van der Waals surface area contributed by atoms with Crippen LogP contribution in [0.25, 0.3) is 22.3 Å². The van der Waals surface area contributed by atoms with Crippen LogP contribution in [0.3, 0.4) is 0 Å². The smallest absolute Gasteiger partial charge is 0.242 e. The Morgan fingerprint density at radius 2 is 1.76 bits per heavy atom. The molecule has 4 fully saturated rings. The minimum absolute atomic E-state index is 0.0527. The number of nitrogens with one attached hydrogen (secondary N) is 2. The van der Waals surface area contributed by atoms with Crippen molar-refractivity contribution in [2.45, 2.75) is 31.1 Å². The van der Waals surface area contributed by atoms with E-state index < -0.39 is 5.66 Å². The van der Waals surface area contributed by atoms with Crippen molar-refractivity contribution in [1.82, 2.24) is 40.5 Å². The number of hydrogen-bond acceptors (Lipinski definition) is 12. The number of carbonyl (C=O) groups excluding carboxylic acids is 1. The van der Waals surface area contributed by atoms with E-state index in [1.165, 1.54) is 0 Å². The molecule has 1 amide bonds. The van der Waals surface area contributed by atoms with Gasteiger partial charge in [-0.15, -0.1) is 0 Å². The van der Waals surface area contributed by atoms with Gasteiger partial charge in [-0.25, -0.2) is 15.0 Å². The van der Waals surface area contributed by atoms with Gasteiger partial charge < -0.3 is 30.7 Å². The third kappa shape index (κ3) is 4.39. The summed E-state index contributed by atoms with van der Waals surface area (Å²) < 4.78 is 11.0. The van der Waals surface area contributed by atoms with Gasteiger partial charge in [0.05, 0.1) is 38.0 Å². The van der Waals surface area contributed by atoms with Gasteiger partial charge in [-0.2, -0.15) is 4.98 Å². The van der Waals surface area contributed by atoms with Crippen LogP contribution in [-0.4, -0.2) is 114 Å². The van der Waals surface area contributed by atoms with Crippen LogP contribution in [0.4, 0.5) is 11.8 Å². The molecule has 42 heavy (non-hydrogen) atoms. The van der Waals surface area contributed by atoms with Crippen LogP contribution >= 0.6 is 0 Å². The highest BCUT2D eigenvalue weighted by Gasteiger charge is 2.60. The highest BCUT2D eigenvalue weighted by Crippen LogP contribution is 2.42. The van der Waals surface area contributed by atoms with Crippen molar-refractivity contribution >= 4 is 28.7 Å². The van der Waals surface area contributed by atoms with E-state index in [1.54, 1.807) is 14.2 Å². The monoisotopic (exact) mass is 574 g/mol. The van der Waals surface area contributed by atoms with Gasteiger partial charge in [-0.1, -0.05) is 0 Å². The van der Waals surface area contributed by atoms with Crippen molar-refractivity contribution < 1.29 is 14.3 Å². The van der Waals surface area contributed by atoms with Crippen molar-refractivity contribution in [2.75, 3.05) is 77.2 Å². The number of carbonyl (C=O) groups is 1. The first-order valence-corrected chi connectivity index (χ1v) is 14.7. The van der Waals surface area contributed by atoms with E-state index >= 15 is 0 Å². The number of aromatic nitrogens is 3. The molecule has 2 unspecified atom stereocenters. The largest absolute Gasteiger partial charge is 0.493 e. The maximum absolute atomic E-state index is 13.1. The fourth-order valence-corrected chi connectivity index (χ4v) is 7.03. The highest BCUT2D eigenvalue weighted by molar-refractivity contribution is 5.89. The third-order valence-corrected chi connectivity index (χ3v) is 8.97. The Bertz CT molecular complexity index is 1500. The van der Waals surface area contributed by atoms with E-state index in [0.29, 0.717) is 34.8 Å². The molecular weight excluding hydrogens is 536 g/mol. The first kappa shape index (κ1) is 27.1. The standard InChI is InChI=1S/C29H38N10O3/c1-41-22-8-5-19(15-23(22)42-2)20-6-7-21-26(33-20)27(35-28(30)34-21)37-13-9-31-17-24(37)38-14-10-32-18-29(38)16-25(40)39(29)36-11-3-4-12-36/h5-8,15,24,31-32H,3-4,9-14,16-18H2,1-2H3,(H2,30,34,35). The fraction of sp³-hybridized carbons (Fsp3) is 0.517. The number of ether oxygens (including phenoxy) is 2. The number of piperazine rings is 2. The van der Waals surface area contributed by atoms with Crippen LogP contribution < -0.4 is 30.7 Å². The second kappa shape index (κ2) is 10.8. The molecule has 1 aromatic carbocycles. The number of fused-ring (bicyclic) bond motifs is 1. The number of benzene rings is 1. The topological polar surface area (TPSA) is 137 Å². The molecule has 6 heterocycles. The summed E-state index contributed by atoms with van der Waals surface area (Å²) in [5.41, 5.74) is 8.91. The van der Waals surface area contributed by atoms with Gasteiger partial charge in [0, 0.05) is 57.9 Å². The highest BCUT2D eigenvalue weighted by atomic mass is 16.5. The average molecular weight is 575 g/mol. The Labute approximate surface area is 244 Å². The number of anilines is 2. The van der Waals surface area contributed by atoms with Gasteiger partial charge in [0.1, 0.15) is 11.2 Å². The van der Waals surface area contributed by atoms with Gasteiger partial charge in [-0.3, -0.25) is 14.7 Å². The van der Waals surface area contributed by atoms with Crippen LogP contribution in [0, 0.1) is 0 Å². The molecule has 222 valence electrons. The zero-order valence-electron chi connectivity index (χ0n) is 24.2. The predicted molar refractivity (Wildman–Crippen MR) is 159 cm³/mol. The van der Waals surface area contributed by atoms with E-state index in [0.717, 1.165) is 76.5 Å². The van der Waals surface area contributed by atoms with Gasteiger partial charge in [0.15, 0.2) is 17.3 Å². The number of pyridine rings is 1. The molecule has 2 atom stereocenters. The van der Waals surface area contributed by atoms with Crippen molar-refractivity contribution in [3.63, 3.8) is 0 Å². The minimum Gasteiger partial charge on any atom is -0.493 e. The van der Waals surface area contributed by atoms with E-state index in [9.17, 15) is 4.79 Å². The molecule has 4 N–H and O–H groups in total. The lowest BCUT2D eigenvalue weighted by molar-refractivity contribution is -0.239. The summed E-state index contributed by atoms with van der Waals surface area (Å²) >= 11 is 0. The zero-order valence-corrected chi connectivity index (χ0v) is 24.2. The maximum Gasteiger partial charge on any atom is 0.242 e. The van der Waals surface area contributed by atoms with E-state index in [4.69, 9.17) is 25.2 Å².